The Hall–Kier alpha value is -7.55. The average Bonchev–Trinajstić information content (AvgIpc) is 3.91. The lowest BCUT2D eigenvalue weighted by molar-refractivity contribution is -0.142. The molecule has 13 nitrogen and oxygen atoms in total. The first-order chi connectivity index (χ1) is 34.8. The van der Waals surface area contributed by atoms with E-state index >= 15 is 4.79 Å². The fourth-order valence-electron chi connectivity index (χ4n) is 9.52. The van der Waals surface area contributed by atoms with E-state index in [-0.39, 0.29) is 31.1 Å². The van der Waals surface area contributed by atoms with Gasteiger partial charge in [0, 0.05) is 12.3 Å². The van der Waals surface area contributed by atoms with E-state index in [1.54, 1.807) is 0 Å². The van der Waals surface area contributed by atoms with Crippen LogP contribution >= 0.6 is 11.8 Å². The van der Waals surface area contributed by atoms with Crippen molar-refractivity contribution in [2.75, 3.05) is 18.8 Å². The maximum absolute atomic E-state index is 15.3. The second kappa shape index (κ2) is 24.5. The third-order valence-electron chi connectivity index (χ3n) is 12.9. The van der Waals surface area contributed by atoms with E-state index in [4.69, 9.17) is 5.73 Å². The van der Waals surface area contributed by atoms with Crippen LogP contribution in [0.15, 0.2) is 182 Å². The smallest absolute Gasteiger partial charge is 0.322 e. The van der Waals surface area contributed by atoms with Gasteiger partial charge >= 0.3 is 5.97 Å². The van der Waals surface area contributed by atoms with Gasteiger partial charge in [0.1, 0.15) is 30.2 Å². The normalized spacial score (nSPS) is 14.9. The Morgan fingerprint density at radius 1 is 0.625 bits per heavy atom. The predicted molar refractivity (Wildman–Crippen MR) is 280 cm³/mol. The topological polar surface area (TPSA) is 200 Å². The standard InChI is InChI=1S/C58H62N6O7S/c1-40(2)36-48(54(69)60-38-52(66)67)61-55(70)50-34-21-35-64(50)56(71)49(39-72-58(44-28-15-6-16-29-44,45-30-17-7-18-31-45)46-32-19-8-20-33-46)62-53(68)47(59)37-51(65)63-57(41-22-9-3-10-23-41,42-24-11-4-12-25-42)43-26-13-5-14-27-43/h3-20,22-33,40,47-50H,21,34-39,59H2,1-2H3,(H,60,69)(H,61,70)(H,62,68)(H,63,65)(H,66,67)/t47-,48-,49-,50-/m0/s1. The molecule has 0 radical (unpaired) electrons. The summed E-state index contributed by atoms with van der Waals surface area (Å²) >= 11 is 1.45. The van der Waals surface area contributed by atoms with Crippen molar-refractivity contribution in [2.24, 2.45) is 11.7 Å². The van der Waals surface area contributed by atoms with Gasteiger partial charge in [0.25, 0.3) is 0 Å². The lowest BCUT2D eigenvalue weighted by Gasteiger charge is -2.37. The average molecular weight is 987 g/mol. The van der Waals surface area contributed by atoms with Crippen LogP contribution in [-0.4, -0.2) is 88.5 Å². The number of nitrogens with one attached hydrogen (secondary N) is 4. The molecule has 6 aromatic carbocycles. The minimum absolute atomic E-state index is 0.000285. The van der Waals surface area contributed by atoms with Crippen LogP contribution in [0.2, 0.25) is 0 Å². The number of likely N-dealkylation sites (tertiary alicyclic amines) is 1. The van der Waals surface area contributed by atoms with Crippen LogP contribution in [0, 0.1) is 5.92 Å². The van der Waals surface area contributed by atoms with Crippen LogP contribution in [0.3, 0.4) is 0 Å². The van der Waals surface area contributed by atoms with Gasteiger partial charge in [-0.3, -0.25) is 28.8 Å². The zero-order chi connectivity index (χ0) is 51.1. The molecular formula is C58H62N6O7S. The Bertz CT molecular complexity index is 2560. The van der Waals surface area contributed by atoms with E-state index in [2.05, 4.69) is 21.3 Å². The highest BCUT2D eigenvalue weighted by molar-refractivity contribution is 8.00. The third-order valence-corrected chi connectivity index (χ3v) is 14.5. The van der Waals surface area contributed by atoms with Crippen molar-refractivity contribution in [3.05, 3.63) is 215 Å². The van der Waals surface area contributed by atoms with E-state index in [0.717, 1.165) is 33.4 Å². The highest BCUT2D eigenvalue weighted by Gasteiger charge is 2.44. The number of carbonyl (C=O) groups excluding carboxylic acids is 5. The second-order valence-corrected chi connectivity index (χ2v) is 19.6. The van der Waals surface area contributed by atoms with Crippen LogP contribution in [0.1, 0.15) is 72.9 Å². The number of rotatable bonds is 22. The number of hydrogen-bond donors (Lipinski definition) is 6. The molecule has 6 aromatic rings. The lowest BCUT2D eigenvalue weighted by Crippen LogP contribution is -2.58. The van der Waals surface area contributed by atoms with E-state index in [9.17, 15) is 29.1 Å². The van der Waals surface area contributed by atoms with Gasteiger partial charge in [-0.05, 0) is 58.6 Å². The summed E-state index contributed by atoms with van der Waals surface area (Å²) in [5.41, 5.74) is 10.7. The van der Waals surface area contributed by atoms with E-state index in [1.807, 2.05) is 196 Å². The van der Waals surface area contributed by atoms with Gasteiger partial charge < -0.3 is 37.0 Å². The van der Waals surface area contributed by atoms with Gasteiger partial charge in [-0.2, -0.15) is 0 Å². The van der Waals surface area contributed by atoms with Gasteiger partial charge in [0.05, 0.1) is 17.2 Å². The first-order valence-corrected chi connectivity index (χ1v) is 25.3. The van der Waals surface area contributed by atoms with Gasteiger partial charge in [0.2, 0.25) is 29.5 Å². The Kier molecular flexibility index (Phi) is 17.8. The summed E-state index contributed by atoms with van der Waals surface area (Å²) < 4.78 is -0.903. The molecule has 14 heteroatoms. The van der Waals surface area contributed by atoms with Crippen LogP contribution in [-0.2, 0) is 39.1 Å². The number of carboxylic acid groups (broad SMARTS) is 1. The zero-order valence-corrected chi connectivity index (χ0v) is 41.3. The number of carboxylic acids is 1. The summed E-state index contributed by atoms with van der Waals surface area (Å²) in [6.07, 6.45) is 0.532. The molecule has 1 aliphatic heterocycles. The number of benzene rings is 6. The van der Waals surface area contributed by atoms with Crippen LogP contribution in [0.25, 0.3) is 0 Å². The zero-order valence-electron chi connectivity index (χ0n) is 40.5. The van der Waals surface area contributed by atoms with Crippen molar-refractivity contribution in [1.82, 2.24) is 26.2 Å². The molecule has 0 bridgehead atoms. The quantitative estimate of drug-likeness (QED) is 0.0399. The Balaban J connectivity index is 1.21. The maximum Gasteiger partial charge on any atom is 0.322 e. The summed E-state index contributed by atoms with van der Waals surface area (Å²) in [6.45, 7) is 3.32. The molecule has 0 unspecified atom stereocenters. The summed E-state index contributed by atoms with van der Waals surface area (Å²) in [7, 11) is 0. The molecule has 1 saturated heterocycles. The van der Waals surface area contributed by atoms with Crippen LogP contribution in [0.4, 0.5) is 0 Å². The van der Waals surface area contributed by atoms with Crippen molar-refractivity contribution in [2.45, 2.75) is 74.0 Å². The molecule has 0 aromatic heterocycles. The van der Waals surface area contributed by atoms with Crippen molar-refractivity contribution in [3.63, 3.8) is 0 Å². The minimum Gasteiger partial charge on any atom is -0.480 e. The maximum atomic E-state index is 15.3. The number of carbonyl (C=O) groups is 6. The molecule has 1 heterocycles. The number of nitrogens with zero attached hydrogens (tertiary/aromatic N) is 1. The largest absolute Gasteiger partial charge is 0.480 e. The summed E-state index contributed by atoms with van der Waals surface area (Å²) in [6, 6.07) is 53.6. The van der Waals surface area contributed by atoms with Crippen molar-refractivity contribution < 1.29 is 33.9 Å². The van der Waals surface area contributed by atoms with E-state index in [1.165, 1.54) is 16.7 Å². The first-order valence-electron chi connectivity index (χ1n) is 24.3. The number of aliphatic carboxylic acids is 1. The molecule has 1 fully saturated rings. The van der Waals surface area contributed by atoms with Crippen molar-refractivity contribution in [1.29, 1.82) is 0 Å². The van der Waals surface area contributed by atoms with Crippen molar-refractivity contribution in [3.8, 4) is 0 Å². The molecule has 0 saturated carbocycles. The van der Waals surface area contributed by atoms with Crippen LogP contribution in [0.5, 0.6) is 0 Å². The molecule has 0 spiro atoms. The fraction of sp³-hybridized carbons (Fsp3) is 0.276. The molecule has 4 atom stereocenters. The number of nitrogens with two attached hydrogens (primary N) is 1. The highest BCUT2D eigenvalue weighted by atomic mass is 32.2. The van der Waals surface area contributed by atoms with E-state index < -0.39 is 82.9 Å². The van der Waals surface area contributed by atoms with Gasteiger partial charge in [-0.25, -0.2) is 0 Å². The van der Waals surface area contributed by atoms with Crippen molar-refractivity contribution >= 4 is 47.3 Å². The molecule has 5 amide bonds. The van der Waals surface area contributed by atoms with Gasteiger partial charge in [-0.15, -0.1) is 11.8 Å². The second-order valence-electron chi connectivity index (χ2n) is 18.4. The highest BCUT2D eigenvalue weighted by Crippen LogP contribution is 2.49. The molecule has 7 N–H and O–H groups in total. The predicted octanol–water partition coefficient (Wildman–Crippen LogP) is 6.74. The van der Waals surface area contributed by atoms with E-state index in [0.29, 0.717) is 6.42 Å². The lowest BCUT2D eigenvalue weighted by atomic mass is 9.77. The molecule has 0 aliphatic carbocycles. The minimum atomic E-state index is -1.41. The molecule has 1 aliphatic rings. The molecule has 72 heavy (non-hydrogen) atoms. The number of amides is 5. The molecule has 372 valence electrons. The number of hydrogen-bond acceptors (Lipinski definition) is 8. The molecule has 7 rings (SSSR count). The van der Waals surface area contributed by atoms with Gasteiger partial charge in [-0.1, -0.05) is 196 Å². The SMILES string of the molecule is CC(C)C[C@H](NC(=O)[C@@H]1CCCN1C(=O)[C@H](CSC(c1ccccc1)(c1ccccc1)c1ccccc1)NC(=O)[C@@H](N)CC(=O)NC(c1ccccc1)(c1ccccc1)c1ccccc1)C(=O)NCC(=O)O. The first kappa shape index (κ1) is 52.3. The summed E-state index contributed by atoms with van der Waals surface area (Å²) in [5, 5.41) is 20.6. The summed E-state index contributed by atoms with van der Waals surface area (Å²) in [4.78, 5) is 84.5. The fourth-order valence-corrected chi connectivity index (χ4v) is 11.1. The Morgan fingerprint density at radius 3 is 1.47 bits per heavy atom. The monoisotopic (exact) mass is 986 g/mol. The Labute approximate surface area is 425 Å². The van der Waals surface area contributed by atoms with Gasteiger partial charge in [0.15, 0.2) is 0 Å². The Morgan fingerprint density at radius 2 is 1.06 bits per heavy atom. The van der Waals surface area contributed by atoms with Crippen LogP contribution < -0.4 is 27.0 Å². The summed E-state index contributed by atoms with van der Waals surface area (Å²) in [5.74, 6) is -4.29. The third kappa shape index (κ3) is 12.3. The molecular weight excluding hydrogens is 925 g/mol. The number of thioether (sulfide) groups is 1.